The quantitative estimate of drug-likeness (QED) is 0.421. The van der Waals surface area contributed by atoms with Crippen molar-refractivity contribution in [3.05, 3.63) is 25.5 Å². The molecule has 0 unspecified atom stereocenters. The fourth-order valence-electron chi connectivity index (χ4n) is 1.37. The van der Waals surface area contributed by atoms with Gasteiger partial charge in [0.1, 0.15) is 5.60 Å². The molecule has 17 heavy (non-hydrogen) atoms. The summed E-state index contributed by atoms with van der Waals surface area (Å²) < 4.78 is 9.35. The summed E-state index contributed by atoms with van der Waals surface area (Å²) in [6.45, 7) is 9.94. The molecule has 0 atom stereocenters. The van der Waals surface area contributed by atoms with Crippen LogP contribution in [0.1, 0.15) is 39.5 Å². The predicted molar refractivity (Wildman–Crippen MR) is 65.1 cm³/mol. The number of hydrogen-bond acceptors (Lipinski definition) is 4. The largest absolute Gasteiger partial charge is 0.456 e. The molecular weight excluding hydrogens is 220 g/mol. The van der Waals surface area contributed by atoms with Gasteiger partial charge < -0.3 is 9.47 Å². The molecule has 1 rings (SSSR count). The Morgan fingerprint density at radius 1 is 1.35 bits per heavy atom. The van der Waals surface area contributed by atoms with Crippen molar-refractivity contribution in [3.8, 4) is 0 Å². The molecule has 1 aliphatic carbocycles. The lowest BCUT2D eigenvalue weighted by Crippen LogP contribution is -2.17. The third-order valence-electron chi connectivity index (χ3n) is 2.25. The van der Waals surface area contributed by atoms with E-state index in [1.54, 1.807) is 0 Å². The first-order valence-electron chi connectivity index (χ1n) is 5.63. The molecule has 0 radical (unpaired) electrons. The van der Waals surface area contributed by atoms with E-state index in [-0.39, 0.29) is 17.5 Å². The maximum atomic E-state index is 10.8. The first kappa shape index (κ1) is 15.4. The van der Waals surface area contributed by atoms with Crippen LogP contribution in [0.2, 0.25) is 0 Å². The Balaban J connectivity index is 0.000000366. The van der Waals surface area contributed by atoms with Crippen LogP contribution in [0.5, 0.6) is 0 Å². The summed E-state index contributed by atoms with van der Waals surface area (Å²) in [5, 5.41) is 0. The maximum Gasteiger partial charge on any atom is 0.330 e. The van der Waals surface area contributed by atoms with Crippen LogP contribution >= 0.6 is 0 Å². The fourth-order valence-corrected chi connectivity index (χ4v) is 1.37. The molecule has 0 spiro atoms. The lowest BCUT2D eigenvalue weighted by atomic mass is 10.2. The minimum Gasteiger partial charge on any atom is -0.456 e. The minimum atomic E-state index is -0.329. The molecule has 96 valence electrons. The number of hydrogen-bond donors (Lipinski definition) is 0. The van der Waals surface area contributed by atoms with E-state index in [0.29, 0.717) is 0 Å². The van der Waals surface area contributed by atoms with Gasteiger partial charge in [-0.1, -0.05) is 26.5 Å². The average Bonchev–Trinajstić information content (AvgIpc) is 2.99. The van der Waals surface area contributed by atoms with Crippen molar-refractivity contribution in [3.63, 3.8) is 0 Å². The van der Waals surface area contributed by atoms with Crippen molar-refractivity contribution in [2.75, 3.05) is 0 Å². The molecular formula is C13H20O4. The summed E-state index contributed by atoms with van der Waals surface area (Å²) in [7, 11) is 0. The molecule has 0 N–H and O–H groups in total. The molecule has 4 nitrogen and oxygen atoms in total. The van der Waals surface area contributed by atoms with Crippen molar-refractivity contribution in [1.29, 1.82) is 0 Å². The molecule has 0 bridgehead atoms. The average molecular weight is 240 g/mol. The Labute approximate surface area is 102 Å². The highest BCUT2D eigenvalue weighted by Crippen LogP contribution is 2.43. The second-order valence-corrected chi connectivity index (χ2v) is 3.83. The number of carbonyl (C=O) groups is 2. The molecule has 0 amide bonds. The molecule has 0 heterocycles. The summed E-state index contributed by atoms with van der Waals surface area (Å²) in [6, 6.07) is 0. The highest BCUT2D eigenvalue weighted by molar-refractivity contribution is 5.81. The Kier molecular flexibility index (Phi) is 6.94. The molecule has 1 aliphatic rings. The molecule has 0 saturated heterocycles. The van der Waals surface area contributed by atoms with E-state index in [2.05, 4.69) is 24.8 Å². The van der Waals surface area contributed by atoms with Gasteiger partial charge in [-0.15, -0.1) is 0 Å². The second kappa shape index (κ2) is 7.65. The lowest BCUT2D eigenvalue weighted by Gasteiger charge is -2.13. The highest BCUT2D eigenvalue weighted by Gasteiger charge is 2.45. The lowest BCUT2D eigenvalue weighted by molar-refractivity contribution is -0.145. The Morgan fingerprint density at radius 2 is 1.94 bits per heavy atom. The summed E-state index contributed by atoms with van der Waals surface area (Å²) >= 11 is 0. The van der Waals surface area contributed by atoms with E-state index in [1.807, 2.05) is 0 Å². The van der Waals surface area contributed by atoms with Crippen molar-refractivity contribution >= 4 is 11.9 Å². The SMILES string of the molecule is C=CC(=O)OC1(CCC)CC1.C=COC(C)=O. The van der Waals surface area contributed by atoms with Gasteiger partial charge in [0.05, 0.1) is 6.26 Å². The second-order valence-electron chi connectivity index (χ2n) is 3.83. The summed E-state index contributed by atoms with van der Waals surface area (Å²) in [5.41, 5.74) is -0.0972. The van der Waals surface area contributed by atoms with Gasteiger partial charge in [-0.25, -0.2) is 4.79 Å². The highest BCUT2D eigenvalue weighted by atomic mass is 16.6. The number of esters is 2. The molecule has 0 aromatic heterocycles. The van der Waals surface area contributed by atoms with E-state index >= 15 is 0 Å². The summed E-state index contributed by atoms with van der Waals surface area (Å²) in [6.07, 6.45) is 6.45. The molecule has 1 fully saturated rings. The predicted octanol–water partition coefficient (Wildman–Crippen LogP) is 2.74. The monoisotopic (exact) mass is 240 g/mol. The van der Waals surface area contributed by atoms with Gasteiger partial charge in [-0.05, 0) is 19.3 Å². The summed E-state index contributed by atoms with van der Waals surface area (Å²) in [4.78, 5) is 20.6. The number of rotatable bonds is 5. The van der Waals surface area contributed by atoms with Crippen LogP contribution in [0.25, 0.3) is 0 Å². The first-order valence-corrected chi connectivity index (χ1v) is 5.63. The normalized spacial score (nSPS) is 14.7. The topological polar surface area (TPSA) is 52.6 Å². The van der Waals surface area contributed by atoms with Crippen LogP contribution in [-0.4, -0.2) is 17.5 Å². The van der Waals surface area contributed by atoms with Crippen LogP contribution in [0.3, 0.4) is 0 Å². The van der Waals surface area contributed by atoms with E-state index in [1.165, 1.54) is 13.0 Å². The standard InChI is InChI=1S/C9H14O2.C4H6O2/c1-3-5-9(6-7-9)11-8(10)4-2;1-3-6-4(2)5/h4H,2-3,5-7H2,1H3;3H,1H2,2H3. The van der Waals surface area contributed by atoms with Crippen LogP contribution < -0.4 is 0 Å². The Bertz CT molecular complexity index is 290. The Morgan fingerprint density at radius 3 is 2.18 bits per heavy atom. The van der Waals surface area contributed by atoms with Crippen molar-refractivity contribution in [1.82, 2.24) is 0 Å². The Hall–Kier alpha value is -1.58. The van der Waals surface area contributed by atoms with Crippen molar-refractivity contribution in [2.45, 2.75) is 45.1 Å². The zero-order chi connectivity index (χ0) is 13.3. The van der Waals surface area contributed by atoms with Gasteiger partial charge >= 0.3 is 11.9 Å². The van der Waals surface area contributed by atoms with E-state index in [4.69, 9.17) is 4.74 Å². The zero-order valence-corrected chi connectivity index (χ0v) is 10.5. The molecule has 1 saturated carbocycles. The van der Waals surface area contributed by atoms with Gasteiger partial charge in [-0.2, -0.15) is 0 Å². The molecule has 0 aromatic carbocycles. The van der Waals surface area contributed by atoms with Gasteiger partial charge in [0.15, 0.2) is 0 Å². The molecule has 4 heteroatoms. The van der Waals surface area contributed by atoms with E-state index < -0.39 is 0 Å². The van der Waals surface area contributed by atoms with Gasteiger partial charge in [0.2, 0.25) is 0 Å². The molecule has 0 aliphatic heterocycles. The maximum absolute atomic E-state index is 10.8. The zero-order valence-electron chi connectivity index (χ0n) is 10.5. The first-order chi connectivity index (χ1) is 7.99. The van der Waals surface area contributed by atoms with Crippen LogP contribution in [0.15, 0.2) is 25.5 Å². The van der Waals surface area contributed by atoms with Crippen molar-refractivity contribution < 1.29 is 19.1 Å². The third-order valence-corrected chi connectivity index (χ3v) is 2.25. The number of ether oxygens (including phenoxy) is 2. The van der Waals surface area contributed by atoms with Crippen LogP contribution in [0, 0.1) is 0 Å². The van der Waals surface area contributed by atoms with Crippen molar-refractivity contribution in [2.24, 2.45) is 0 Å². The van der Waals surface area contributed by atoms with Crippen LogP contribution in [0.4, 0.5) is 0 Å². The molecule has 0 aromatic rings. The van der Waals surface area contributed by atoms with Crippen LogP contribution in [-0.2, 0) is 19.1 Å². The van der Waals surface area contributed by atoms with E-state index in [0.717, 1.165) is 31.9 Å². The minimum absolute atomic E-state index is 0.0972. The summed E-state index contributed by atoms with van der Waals surface area (Å²) in [5.74, 6) is -0.610. The van der Waals surface area contributed by atoms with E-state index in [9.17, 15) is 9.59 Å². The van der Waals surface area contributed by atoms with Gasteiger partial charge in [0.25, 0.3) is 0 Å². The van der Waals surface area contributed by atoms with Gasteiger partial charge in [0, 0.05) is 13.0 Å². The number of carbonyl (C=O) groups excluding carboxylic acids is 2. The fraction of sp³-hybridized carbons (Fsp3) is 0.538. The van der Waals surface area contributed by atoms with Gasteiger partial charge in [-0.3, -0.25) is 4.79 Å². The third kappa shape index (κ3) is 7.33. The smallest absolute Gasteiger partial charge is 0.330 e.